The molecule has 4 heteroatoms. The molecule has 2 N–H and O–H groups in total. The highest BCUT2D eigenvalue weighted by Crippen LogP contribution is 2.41. The van der Waals surface area contributed by atoms with Crippen LogP contribution in [-0.2, 0) is 0 Å². The first-order valence-corrected chi connectivity index (χ1v) is 8.36. The Morgan fingerprint density at radius 2 is 1.80 bits per heavy atom. The van der Waals surface area contributed by atoms with Crippen LogP contribution in [-0.4, -0.2) is 24.0 Å². The van der Waals surface area contributed by atoms with Crippen LogP contribution < -0.4 is 5.73 Å². The summed E-state index contributed by atoms with van der Waals surface area (Å²) >= 11 is 12.3. The van der Waals surface area contributed by atoms with Crippen LogP contribution in [0.15, 0.2) is 18.2 Å². The van der Waals surface area contributed by atoms with Gasteiger partial charge in [0.05, 0.1) is 0 Å². The predicted octanol–water partition coefficient (Wildman–Crippen LogP) is 4.26. The van der Waals surface area contributed by atoms with Crippen LogP contribution in [0.25, 0.3) is 0 Å². The number of halogens is 2. The summed E-state index contributed by atoms with van der Waals surface area (Å²) in [6.45, 7) is 1.78. The molecule has 1 aliphatic carbocycles. The van der Waals surface area contributed by atoms with E-state index in [-0.39, 0.29) is 6.04 Å². The third kappa shape index (κ3) is 2.85. The van der Waals surface area contributed by atoms with Gasteiger partial charge in [-0.2, -0.15) is 0 Å². The number of likely N-dealkylation sites (tertiary alicyclic amines) is 1. The number of hydrogen-bond acceptors (Lipinski definition) is 2. The van der Waals surface area contributed by atoms with Gasteiger partial charge < -0.3 is 5.73 Å². The Morgan fingerprint density at radius 1 is 1.10 bits per heavy atom. The number of benzene rings is 1. The van der Waals surface area contributed by atoms with Crippen molar-refractivity contribution in [2.45, 2.75) is 44.2 Å². The lowest BCUT2D eigenvalue weighted by atomic mass is 9.84. The van der Waals surface area contributed by atoms with Crippen LogP contribution in [0, 0.1) is 5.92 Å². The predicted molar refractivity (Wildman–Crippen MR) is 85.3 cm³/mol. The molecule has 2 nitrogen and oxygen atoms in total. The van der Waals surface area contributed by atoms with E-state index in [4.69, 9.17) is 28.9 Å². The maximum absolute atomic E-state index is 6.15. The largest absolute Gasteiger partial charge is 0.329 e. The number of nitrogens with two attached hydrogens (primary N) is 1. The molecule has 0 amide bonds. The Balaban J connectivity index is 1.85. The molecule has 1 aromatic rings. The fraction of sp³-hybridized carbons (Fsp3) is 0.625. The minimum Gasteiger partial charge on any atom is -0.329 e. The van der Waals surface area contributed by atoms with Crippen molar-refractivity contribution in [1.82, 2.24) is 4.90 Å². The lowest BCUT2D eigenvalue weighted by molar-refractivity contribution is 0.135. The molecule has 3 unspecified atom stereocenters. The van der Waals surface area contributed by atoms with Gasteiger partial charge in [-0.15, -0.1) is 0 Å². The molecule has 0 radical (unpaired) electrons. The van der Waals surface area contributed by atoms with Crippen molar-refractivity contribution < 1.29 is 0 Å². The van der Waals surface area contributed by atoms with Crippen molar-refractivity contribution in [3.05, 3.63) is 33.8 Å². The monoisotopic (exact) mass is 312 g/mol. The first kappa shape index (κ1) is 14.6. The van der Waals surface area contributed by atoms with Crippen LogP contribution in [0.3, 0.4) is 0 Å². The average molecular weight is 313 g/mol. The third-order valence-corrected chi connectivity index (χ3v) is 5.38. The minimum absolute atomic E-state index is 0.249. The number of nitrogens with zero attached hydrogens (tertiary/aromatic N) is 1. The molecule has 3 rings (SSSR count). The van der Waals surface area contributed by atoms with Crippen LogP contribution in [0.5, 0.6) is 0 Å². The Kier molecular flexibility index (Phi) is 4.56. The normalized spacial score (nSPS) is 28.4. The summed E-state index contributed by atoms with van der Waals surface area (Å²) in [5.74, 6) is 0.868. The van der Waals surface area contributed by atoms with Gasteiger partial charge in [0.2, 0.25) is 0 Å². The van der Waals surface area contributed by atoms with E-state index in [1.165, 1.54) is 32.1 Å². The molecule has 1 saturated carbocycles. The van der Waals surface area contributed by atoms with Crippen molar-refractivity contribution in [1.29, 1.82) is 0 Å². The second kappa shape index (κ2) is 6.23. The molecule has 2 fully saturated rings. The van der Waals surface area contributed by atoms with Crippen molar-refractivity contribution in [2.75, 3.05) is 13.1 Å². The van der Waals surface area contributed by atoms with E-state index in [0.717, 1.165) is 18.0 Å². The van der Waals surface area contributed by atoms with Gasteiger partial charge in [0.15, 0.2) is 0 Å². The SMILES string of the molecule is NCC(c1cc(Cl)cc(Cl)c1)N1CCC2CCCCC21. The van der Waals surface area contributed by atoms with Gasteiger partial charge in [0.1, 0.15) is 0 Å². The Bertz CT molecular complexity index is 457. The van der Waals surface area contributed by atoms with E-state index >= 15 is 0 Å². The Hall–Kier alpha value is -0.280. The third-order valence-electron chi connectivity index (χ3n) is 4.95. The topological polar surface area (TPSA) is 29.3 Å². The highest BCUT2D eigenvalue weighted by molar-refractivity contribution is 6.34. The smallest absolute Gasteiger partial charge is 0.0474 e. The number of fused-ring (bicyclic) bond motifs is 1. The van der Waals surface area contributed by atoms with Gasteiger partial charge in [0, 0.05) is 28.7 Å². The fourth-order valence-electron chi connectivity index (χ4n) is 4.06. The maximum atomic E-state index is 6.15. The van der Waals surface area contributed by atoms with Gasteiger partial charge in [-0.1, -0.05) is 36.0 Å². The van der Waals surface area contributed by atoms with Gasteiger partial charge >= 0.3 is 0 Å². The van der Waals surface area contributed by atoms with Gasteiger partial charge in [-0.05, 0) is 55.5 Å². The summed E-state index contributed by atoms with van der Waals surface area (Å²) in [6.07, 6.45) is 6.76. The van der Waals surface area contributed by atoms with E-state index in [1.807, 2.05) is 12.1 Å². The average Bonchev–Trinajstić information content (AvgIpc) is 2.83. The summed E-state index contributed by atoms with van der Waals surface area (Å²) < 4.78 is 0. The van der Waals surface area contributed by atoms with Crippen LogP contribution >= 0.6 is 23.2 Å². The van der Waals surface area contributed by atoms with Gasteiger partial charge in [-0.3, -0.25) is 4.90 Å². The second-order valence-electron chi connectivity index (χ2n) is 6.09. The standard InChI is InChI=1S/C16H22Cl2N2/c17-13-7-12(8-14(18)9-13)16(10-19)20-6-5-11-3-1-2-4-15(11)20/h7-9,11,15-16H,1-6,10,19H2. The summed E-state index contributed by atoms with van der Waals surface area (Å²) in [5.41, 5.74) is 7.24. The Morgan fingerprint density at radius 3 is 2.50 bits per heavy atom. The van der Waals surface area contributed by atoms with Gasteiger partial charge in [-0.25, -0.2) is 0 Å². The number of rotatable bonds is 3. The highest BCUT2D eigenvalue weighted by Gasteiger charge is 2.39. The maximum Gasteiger partial charge on any atom is 0.0474 e. The molecular weight excluding hydrogens is 291 g/mol. The van der Waals surface area contributed by atoms with Crippen molar-refractivity contribution in [3.8, 4) is 0 Å². The van der Waals surface area contributed by atoms with Crippen LogP contribution in [0.4, 0.5) is 0 Å². The first-order chi connectivity index (χ1) is 9.69. The Labute approximate surface area is 131 Å². The number of hydrogen-bond donors (Lipinski definition) is 1. The molecule has 0 aromatic heterocycles. The molecule has 1 saturated heterocycles. The zero-order chi connectivity index (χ0) is 14.1. The molecule has 1 heterocycles. The van der Waals surface area contributed by atoms with Crippen molar-refractivity contribution in [3.63, 3.8) is 0 Å². The van der Waals surface area contributed by atoms with E-state index in [0.29, 0.717) is 22.6 Å². The van der Waals surface area contributed by atoms with E-state index < -0.39 is 0 Å². The molecule has 3 atom stereocenters. The van der Waals surface area contributed by atoms with E-state index in [9.17, 15) is 0 Å². The summed E-state index contributed by atoms with van der Waals surface area (Å²) in [6, 6.07) is 6.77. The zero-order valence-corrected chi connectivity index (χ0v) is 13.2. The molecule has 0 spiro atoms. The summed E-state index contributed by atoms with van der Waals surface area (Å²) in [5, 5.41) is 1.40. The van der Waals surface area contributed by atoms with Crippen LogP contribution in [0.1, 0.15) is 43.7 Å². The first-order valence-electron chi connectivity index (χ1n) is 7.61. The van der Waals surface area contributed by atoms with Crippen molar-refractivity contribution in [2.24, 2.45) is 11.7 Å². The molecule has 1 aliphatic heterocycles. The quantitative estimate of drug-likeness (QED) is 0.903. The molecule has 2 aliphatic rings. The van der Waals surface area contributed by atoms with E-state index in [2.05, 4.69) is 4.90 Å². The van der Waals surface area contributed by atoms with Gasteiger partial charge in [0.25, 0.3) is 0 Å². The fourth-order valence-corrected chi connectivity index (χ4v) is 4.60. The molecule has 1 aromatic carbocycles. The zero-order valence-electron chi connectivity index (χ0n) is 11.7. The molecule has 0 bridgehead atoms. The van der Waals surface area contributed by atoms with E-state index in [1.54, 1.807) is 6.07 Å². The molecular formula is C16H22Cl2N2. The lowest BCUT2D eigenvalue weighted by Crippen LogP contribution is -2.40. The van der Waals surface area contributed by atoms with Crippen molar-refractivity contribution >= 4 is 23.2 Å². The summed E-state index contributed by atoms with van der Waals surface area (Å²) in [4.78, 5) is 2.60. The minimum atomic E-state index is 0.249. The molecule has 20 heavy (non-hydrogen) atoms. The summed E-state index contributed by atoms with van der Waals surface area (Å²) in [7, 11) is 0. The van der Waals surface area contributed by atoms with Crippen LogP contribution in [0.2, 0.25) is 10.0 Å². The lowest BCUT2D eigenvalue weighted by Gasteiger charge is -2.37. The highest BCUT2D eigenvalue weighted by atomic mass is 35.5. The molecule has 110 valence electrons. The second-order valence-corrected chi connectivity index (χ2v) is 6.97.